The van der Waals surface area contributed by atoms with Gasteiger partial charge in [0.15, 0.2) is 0 Å². The molecule has 3 unspecified atom stereocenters. The van der Waals surface area contributed by atoms with Crippen LogP contribution < -0.4 is 5.32 Å². The monoisotopic (exact) mass is 245 g/mol. The average molecular weight is 245 g/mol. The summed E-state index contributed by atoms with van der Waals surface area (Å²) >= 11 is 0. The summed E-state index contributed by atoms with van der Waals surface area (Å²) in [5.74, 6) is -0.832. The zero-order chi connectivity index (χ0) is 13.6. The summed E-state index contributed by atoms with van der Waals surface area (Å²) in [4.78, 5) is 22.9. The first-order chi connectivity index (χ1) is 7.84. The average Bonchev–Trinajstić information content (AvgIpc) is 2.32. The van der Waals surface area contributed by atoms with Crippen LogP contribution in [0.3, 0.4) is 0 Å². The molecule has 0 saturated heterocycles. The maximum absolute atomic E-state index is 11.6. The molecule has 0 spiro atoms. The molecule has 0 fully saturated rings. The summed E-state index contributed by atoms with van der Waals surface area (Å²) in [5, 5.41) is 3.11. The molecule has 0 amide bonds. The zero-order valence-electron chi connectivity index (χ0n) is 11.4. The Morgan fingerprint density at radius 2 is 1.41 bits per heavy atom. The fraction of sp³-hybridized carbons (Fsp3) is 0.833. The van der Waals surface area contributed by atoms with E-state index in [-0.39, 0.29) is 29.8 Å². The van der Waals surface area contributed by atoms with Crippen LogP contribution in [-0.4, -0.2) is 38.2 Å². The third-order valence-electron chi connectivity index (χ3n) is 2.89. The van der Waals surface area contributed by atoms with Crippen molar-refractivity contribution in [1.82, 2.24) is 5.32 Å². The van der Waals surface area contributed by atoms with Crippen molar-refractivity contribution in [1.29, 1.82) is 0 Å². The molecule has 0 rings (SSSR count). The van der Waals surface area contributed by atoms with Crippen molar-refractivity contribution in [2.75, 3.05) is 14.2 Å². The Morgan fingerprint density at radius 3 is 1.76 bits per heavy atom. The molecule has 5 heteroatoms. The van der Waals surface area contributed by atoms with Crippen LogP contribution in [0.5, 0.6) is 0 Å². The molecule has 0 aliphatic rings. The minimum Gasteiger partial charge on any atom is -0.469 e. The second-order valence-electron chi connectivity index (χ2n) is 4.51. The predicted octanol–water partition coefficient (Wildman–Crippen LogP) is 0.971. The maximum atomic E-state index is 11.6. The van der Waals surface area contributed by atoms with E-state index in [0.29, 0.717) is 0 Å². The summed E-state index contributed by atoms with van der Waals surface area (Å²) in [6, 6.07) is -0.573. The number of esters is 2. The lowest BCUT2D eigenvalue weighted by Gasteiger charge is -2.26. The standard InChI is InChI=1S/C12H23NO4/c1-7(2)10(12(15)17-6)13-9(4)8(3)11(14)16-5/h7-10,13H,1-6H3. The molecule has 0 heterocycles. The molecule has 0 radical (unpaired) electrons. The van der Waals surface area contributed by atoms with Crippen LogP contribution in [0.4, 0.5) is 0 Å². The first-order valence-electron chi connectivity index (χ1n) is 5.76. The molecule has 0 aliphatic carbocycles. The second kappa shape index (κ2) is 7.27. The number of ether oxygens (including phenoxy) is 2. The summed E-state index contributed by atoms with van der Waals surface area (Å²) < 4.78 is 9.39. The fourth-order valence-corrected chi connectivity index (χ4v) is 1.48. The van der Waals surface area contributed by atoms with Gasteiger partial charge in [-0.2, -0.15) is 0 Å². The lowest BCUT2D eigenvalue weighted by molar-refractivity contribution is -0.148. The van der Waals surface area contributed by atoms with E-state index in [1.807, 2.05) is 20.8 Å². The van der Waals surface area contributed by atoms with Gasteiger partial charge in [0.25, 0.3) is 0 Å². The van der Waals surface area contributed by atoms with Crippen LogP contribution >= 0.6 is 0 Å². The number of carbonyl (C=O) groups excluding carboxylic acids is 2. The van der Waals surface area contributed by atoms with Gasteiger partial charge in [-0.05, 0) is 12.8 Å². The molecular formula is C12H23NO4. The molecule has 17 heavy (non-hydrogen) atoms. The summed E-state index contributed by atoms with van der Waals surface area (Å²) in [7, 11) is 2.71. The van der Waals surface area contributed by atoms with E-state index in [1.54, 1.807) is 6.92 Å². The van der Waals surface area contributed by atoms with Gasteiger partial charge < -0.3 is 14.8 Å². The Hall–Kier alpha value is -1.10. The summed E-state index contributed by atoms with van der Waals surface area (Å²) in [5.41, 5.74) is 0. The highest BCUT2D eigenvalue weighted by Gasteiger charge is 2.28. The second-order valence-corrected chi connectivity index (χ2v) is 4.51. The highest BCUT2D eigenvalue weighted by molar-refractivity contribution is 5.76. The van der Waals surface area contributed by atoms with E-state index < -0.39 is 6.04 Å². The minimum absolute atomic E-state index is 0.0924. The first kappa shape index (κ1) is 15.9. The highest BCUT2D eigenvalue weighted by atomic mass is 16.5. The normalized spacial score (nSPS) is 16.2. The Bertz CT molecular complexity index is 265. The molecule has 5 nitrogen and oxygen atoms in total. The molecule has 0 aromatic carbocycles. The van der Waals surface area contributed by atoms with Gasteiger partial charge in [-0.3, -0.25) is 9.59 Å². The van der Waals surface area contributed by atoms with Crippen LogP contribution in [0.2, 0.25) is 0 Å². The van der Waals surface area contributed by atoms with Crippen molar-refractivity contribution in [2.45, 2.75) is 39.8 Å². The van der Waals surface area contributed by atoms with Gasteiger partial charge >= 0.3 is 11.9 Å². The smallest absolute Gasteiger partial charge is 0.323 e. The largest absolute Gasteiger partial charge is 0.469 e. The van der Waals surface area contributed by atoms with E-state index in [0.717, 1.165) is 0 Å². The van der Waals surface area contributed by atoms with Gasteiger partial charge in [0.2, 0.25) is 0 Å². The molecule has 0 bridgehead atoms. The Morgan fingerprint density at radius 1 is 0.941 bits per heavy atom. The van der Waals surface area contributed by atoms with Gasteiger partial charge in [0.1, 0.15) is 6.04 Å². The molecule has 0 aromatic rings. The van der Waals surface area contributed by atoms with E-state index in [1.165, 1.54) is 14.2 Å². The van der Waals surface area contributed by atoms with Crippen molar-refractivity contribution in [2.24, 2.45) is 11.8 Å². The number of hydrogen-bond donors (Lipinski definition) is 1. The molecule has 0 aliphatic heterocycles. The fourth-order valence-electron chi connectivity index (χ4n) is 1.48. The van der Waals surface area contributed by atoms with Crippen LogP contribution in [0.25, 0.3) is 0 Å². The van der Waals surface area contributed by atoms with Crippen LogP contribution in [0.15, 0.2) is 0 Å². The van der Waals surface area contributed by atoms with Gasteiger partial charge in [-0.15, -0.1) is 0 Å². The van der Waals surface area contributed by atoms with E-state index in [9.17, 15) is 9.59 Å². The molecule has 0 aromatic heterocycles. The molecular weight excluding hydrogens is 222 g/mol. The van der Waals surface area contributed by atoms with Crippen molar-refractivity contribution in [3.8, 4) is 0 Å². The van der Waals surface area contributed by atoms with Crippen molar-refractivity contribution in [3.63, 3.8) is 0 Å². The van der Waals surface area contributed by atoms with Crippen LogP contribution in [-0.2, 0) is 19.1 Å². The predicted molar refractivity (Wildman–Crippen MR) is 64.4 cm³/mol. The first-order valence-corrected chi connectivity index (χ1v) is 5.76. The number of nitrogens with one attached hydrogen (secondary N) is 1. The number of methoxy groups -OCH3 is 2. The topological polar surface area (TPSA) is 64.6 Å². The van der Waals surface area contributed by atoms with E-state index in [2.05, 4.69) is 10.1 Å². The highest BCUT2D eigenvalue weighted by Crippen LogP contribution is 2.10. The van der Waals surface area contributed by atoms with Crippen LogP contribution in [0, 0.1) is 11.8 Å². The quantitative estimate of drug-likeness (QED) is 0.706. The lowest BCUT2D eigenvalue weighted by atomic mass is 9.99. The molecule has 0 saturated carbocycles. The molecule has 100 valence electrons. The number of hydrogen-bond acceptors (Lipinski definition) is 5. The van der Waals surface area contributed by atoms with E-state index >= 15 is 0 Å². The van der Waals surface area contributed by atoms with Crippen molar-refractivity contribution < 1.29 is 19.1 Å². The number of rotatable bonds is 6. The minimum atomic E-state index is -0.415. The molecule has 1 N–H and O–H groups in total. The van der Waals surface area contributed by atoms with E-state index in [4.69, 9.17) is 4.74 Å². The van der Waals surface area contributed by atoms with Gasteiger partial charge in [-0.1, -0.05) is 20.8 Å². The zero-order valence-corrected chi connectivity index (χ0v) is 11.4. The van der Waals surface area contributed by atoms with Crippen LogP contribution in [0.1, 0.15) is 27.7 Å². The lowest BCUT2D eigenvalue weighted by Crippen LogP contribution is -2.49. The van der Waals surface area contributed by atoms with Gasteiger partial charge in [0.05, 0.1) is 20.1 Å². The number of carbonyl (C=O) groups is 2. The Labute approximate surface area is 103 Å². The van der Waals surface area contributed by atoms with Gasteiger partial charge in [-0.25, -0.2) is 0 Å². The molecule has 3 atom stereocenters. The third kappa shape index (κ3) is 4.73. The summed E-state index contributed by atoms with van der Waals surface area (Å²) in [6.45, 7) is 7.45. The third-order valence-corrected chi connectivity index (χ3v) is 2.89. The van der Waals surface area contributed by atoms with Gasteiger partial charge in [0, 0.05) is 6.04 Å². The SMILES string of the molecule is COC(=O)C(C)C(C)NC(C(=O)OC)C(C)C. The van der Waals surface area contributed by atoms with Crippen molar-refractivity contribution >= 4 is 11.9 Å². The Balaban J connectivity index is 4.55. The Kier molecular flexibility index (Phi) is 6.80. The van der Waals surface area contributed by atoms with Crippen molar-refractivity contribution in [3.05, 3.63) is 0 Å². The summed E-state index contributed by atoms with van der Waals surface area (Å²) in [6.07, 6.45) is 0. The maximum Gasteiger partial charge on any atom is 0.323 e.